The Morgan fingerprint density at radius 2 is 1.52 bits per heavy atom. The molecule has 0 aliphatic rings. The third-order valence-electron chi connectivity index (χ3n) is 2.81. The summed E-state index contributed by atoms with van der Waals surface area (Å²) in [7, 11) is 1.69. The fraction of sp³-hybridized carbons (Fsp3) is 0.294. The first-order valence-corrected chi connectivity index (χ1v) is 7.04. The molecule has 0 saturated carbocycles. The van der Waals surface area contributed by atoms with E-state index >= 15 is 0 Å². The SMILES string of the molecule is COCCNCCOc1cccc(Oc2ccccc2)c1. The normalized spacial score (nSPS) is 10.3. The third-order valence-corrected chi connectivity index (χ3v) is 2.81. The molecule has 0 amide bonds. The van der Waals surface area contributed by atoms with Crippen LogP contribution < -0.4 is 14.8 Å². The lowest BCUT2D eigenvalue weighted by Crippen LogP contribution is -2.24. The minimum absolute atomic E-state index is 0.610. The van der Waals surface area contributed by atoms with Crippen LogP contribution in [-0.4, -0.2) is 33.4 Å². The van der Waals surface area contributed by atoms with Gasteiger partial charge in [0, 0.05) is 26.3 Å². The van der Waals surface area contributed by atoms with Crippen molar-refractivity contribution >= 4 is 0 Å². The molecule has 0 atom stereocenters. The summed E-state index contributed by atoms with van der Waals surface area (Å²) in [6.45, 7) is 2.93. The largest absolute Gasteiger partial charge is 0.492 e. The maximum atomic E-state index is 5.77. The van der Waals surface area contributed by atoms with E-state index in [1.165, 1.54) is 0 Å². The van der Waals surface area contributed by atoms with Gasteiger partial charge in [0.2, 0.25) is 0 Å². The maximum Gasteiger partial charge on any atom is 0.131 e. The van der Waals surface area contributed by atoms with Crippen molar-refractivity contribution in [3.8, 4) is 17.2 Å². The first-order chi connectivity index (χ1) is 10.4. The van der Waals surface area contributed by atoms with Gasteiger partial charge in [-0.05, 0) is 24.3 Å². The smallest absolute Gasteiger partial charge is 0.131 e. The highest BCUT2D eigenvalue weighted by Gasteiger charge is 1.99. The molecule has 0 heterocycles. The predicted molar refractivity (Wildman–Crippen MR) is 83.2 cm³/mol. The molecular weight excluding hydrogens is 266 g/mol. The van der Waals surface area contributed by atoms with Gasteiger partial charge in [-0.3, -0.25) is 0 Å². The molecular formula is C17H21NO3. The van der Waals surface area contributed by atoms with E-state index in [1.54, 1.807) is 7.11 Å². The summed E-state index contributed by atoms with van der Waals surface area (Å²) in [5, 5.41) is 3.23. The summed E-state index contributed by atoms with van der Waals surface area (Å²) < 4.78 is 16.4. The Balaban J connectivity index is 1.78. The van der Waals surface area contributed by atoms with E-state index in [9.17, 15) is 0 Å². The van der Waals surface area contributed by atoms with Gasteiger partial charge < -0.3 is 19.5 Å². The highest BCUT2D eigenvalue weighted by Crippen LogP contribution is 2.24. The summed E-state index contributed by atoms with van der Waals surface area (Å²) in [4.78, 5) is 0. The maximum absolute atomic E-state index is 5.77. The lowest BCUT2D eigenvalue weighted by Gasteiger charge is -2.10. The molecule has 21 heavy (non-hydrogen) atoms. The number of hydrogen-bond acceptors (Lipinski definition) is 4. The van der Waals surface area contributed by atoms with Gasteiger partial charge in [-0.1, -0.05) is 24.3 Å². The second kappa shape index (κ2) is 9.00. The number of methoxy groups -OCH3 is 1. The Morgan fingerprint density at radius 1 is 0.810 bits per heavy atom. The van der Waals surface area contributed by atoms with Crippen molar-refractivity contribution in [3.63, 3.8) is 0 Å². The number of para-hydroxylation sites is 1. The van der Waals surface area contributed by atoms with Crippen molar-refractivity contribution < 1.29 is 14.2 Å². The second-order valence-electron chi connectivity index (χ2n) is 4.48. The fourth-order valence-corrected chi connectivity index (χ4v) is 1.79. The quantitative estimate of drug-likeness (QED) is 0.719. The highest BCUT2D eigenvalue weighted by atomic mass is 16.5. The third kappa shape index (κ3) is 5.85. The van der Waals surface area contributed by atoms with Gasteiger partial charge in [0.25, 0.3) is 0 Å². The molecule has 0 aromatic heterocycles. The van der Waals surface area contributed by atoms with E-state index in [-0.39, 0.29) is 0 Å². The second-order valence-corrected chi connectivity index (χ2v) is 4.48. The topological polar surface area (TPSA) is 39.7 Å². The molecule has 1 N–H and O–H groups in total. The van der Waals surface area contributed by atoms with E-state index in [1.807, 2.05) is 54.6 Å². The fourth-order valence-electron chi connectivity index (χ4n) is 1.79. The first-order valence-electron chi connectivity index (χ1n) is 7.04. The molecule has 4 nitrogen and oxygen atoms in total. The van der Waals surface area contributed by atoms with E-state index in [4.69, 9.17) is 14.2 Å². The Kier molecular flexibility index (Phi) is 6.58. The van der Waals surface area contributed by atoms with Gasteiger partial charge in [-0.2, -0.15) is 0 Å². The number of hydrogen-bond donors (Lipinski definition) is 1. The Labute approximate surface area is 125 Å². The van der Waals surface area contributed by atoms with Crippen LogP contribution in [0.2, 0.25) is 0 Å². The summed E-state index contributed by atoms with van der Waals surface area (Å²) in [5.74, 6) is 2.39. The summed E-state index contributed by atoms with van der Waals surface area (Å²) in [6.07, 6.45) is 0. The van der Waals surface area contributed by atoms with Gasteiger partial charge >= 0.3 is 0 Å². The number of rotatable bonds is 9. The molecule has 0 bridgehead atoms. The lowest BCUT2D eigenvalue weighted by molar-refractivity contribution is 0.196. The standard InChI is InChI=1S/C17H21NO3/c1-19-12-10-18-11-13-20-16-8-5-9-17(14-16)21-15-6-3-2-4-7-15/h2-9,14,18H,10-13H2,1H3. The monoisotopic (exact) mass is 287 g/mol. The van der Waals surface area contributed by atoms with Crippen molar-refractivity contribution in [2.75, 3.05) is 33.4 Å². The summed E-state index contributed by atoms with van der Waals surface area (Å²) in [5.41, 5.74) is 0. The minimum atomic E-state index is 0.610. The van der Waals surface area contributed by atoms with E-state index in [2.05, 4.69) is 5.32 Å². The molecule has 112 valence electrons. The molecule has 0 aliphatic heterocycles. The number of nitrogens with one attached hydrogen (secondary N) is 1. The van der Waals surface area contributed by atoms with Gasteiger partial charge in [0.1, 0.15) is 23.9 Å². The molecule has 0 unspecified atom stereocenters. The average molecular weight is 287 g/mol. The predicted octanol–water partition coefficient (Wildman–Crippen LogP) is 3.09. The minimum Gasteiger partial charge on any atom is -0.492 e. The zero-order valence-corrected chi connectivity index (χ0v) is 12.2. The van der Waals surface area contributed by atoms with Gasteiger partial charge in [0.15, 0.2) is 0 Å². The lowest BCUT2D eigenvalue weighted by atomic mass is 10.3. The molecule has 0 spiro atoms. The van der Waals surface area contributed by atoms with Gasteiger partial charge in [-0.15, -0.1) is 0 Å². The first kappa shape index (κ1) is 15.4. The zero-order valence-electron chi connectivity index (χ0n) is 12.2. The Bertz CT molecular complexity index is 516. The summed E-state index contributed by atoms with van der Waals surface area (Å²) >= 11 is 0. The van der Waals surface area contributed by atoms with Gasteiger partial charge in [0.05, 0.1) is 6.61 Å². The van der Waals surface area contributed by atoms with E-state index in [0.29, 0.717) is 13.2 Å². The van der Waals surface area contributed by atoms with Crippen LogP contribution in [0.5, 0.6) is 17.2 Å². The van der Waals surface area contributed by atoms with Crippen molar-refractivity contribution in [1.29, 1.82) is 0 Å². The molecule has 2 aromatic carbocycles. The van der Waals surface area contributed by atoms with Crippen molar-refractivity contribution in [2.45, 2.75) is 0 Å². The van der Waals surface area contributed by atoms with Crippen molar-refractivity contribution in [2.24, 2.45) is 0 Å². The van der Waals surface area contributed by atoms with Crippen molar-refractivity contribution in [3.05, 3.63) is 54.6 Å². The van der Waals surface area contributed by atoms with E-state index < -0.39 is 0 Å². The van der Waals surface area contributed by atoms with E-state index in [0.717, 1.165) is 30.3 Å². The molecule has 0 fully saturated rings. The molecule has 0 saturated heterocycles. The van der Waals surface area contributed by atoms with Crippen LogP contribution in [0, 0.1) is 0 Å². The van der Waals surface area contributed by atoms with Crippen LogP contribution in [0.4, 0.5) is 0 Å². The van der Waals surface area contributed by atoms with Crippen LogP contribution in [0.1, 0.15) is 0 Å². The number of benzene rings is 2. The zero-order chi connectivity index (χ0) is 14.8. The van der Waals surface area contributed by atoms with Gasteiger partial charge in [-0.25, -0.2) is 0 Å². The van der Waals surface area contributed by atoms with Crippen LogP contribution in [0.25, 0.3) is 0 Å². The molecule has 0 radical (unpaired) electrons. The molecule has 0 aliphatic carbocycles. The Morgan fingerprint density at radius 3 is 2.33 bits per heavy atom. The van der Waals surface area contributed by atoms with Crippen LogP contribution in [0.15, 0.2) is 54.6 Å². The van der Waals surface area contributed by atoms with Crippen molar-refractivity contribution in [1.82, 2.24) is 5.32 Å². The highest BCUT2D eigenvalue weighted by molar-refractivity contribution is 5.36. The summed E-state index contributed by atoms with van der Waals surface area (Å²) in [6, 6.07) is 17.4. The molecule has 4 heteroatoms. The van der Waals surface area contributed by atoms with Crippen LogP contribution in [0.3, 0.4) is 0 Å². The van der Waals surface area contributed by atoms with Crippen LogP contribution in [-0.2, 0) is 4.74 Å². The number of ether oxygens (including phenoxy) is 3. The average Bonchev–Trinajstić information content (AvgIpc) is 2.52. The Hall–Kier alpha value is -2.04. The molecule has 2 aromatic rings. The molecule has 2 rings (SSSR count). The van der Waals surface area contributed by atoms with Crippen LogP contribution >= 0.6 is 0 Å².